The number of nitrogens with one attached hydrogen (secondary N) is 2. The van der Waals surface area contributed by atoms with Crippen LogP contribution in [0.4, 0.5) is 11.5 Å². The number of thioether (sulfide) groups is 2. The molecule has 1 fully saturated rings. The van der Waals surface area contributed by atoms with Crippen LogP contribution in [0.2, 0.25) is 0 Å². The lowest BCUT2D eigenvalue weighted by Crippen LogP contribution is -2.44. The molecular formula is C22H29N7S2. The number of aliphatic imine (C=N–C) groups is 1. The summed E-state index contributed by atoms with van der Waals surface area (Å²) in [6.07, 6.45) is 8.55. The van der Waals surface area contributed by atoms with E-state index in [4.69, 9.17) is 15.7 Å². The summed E-state index contributed by atoms with van der Waals surface area (Å²) < 4.78 is 0. The predicted molar refractivity (Wildman–Crippen MR) is 134 cm³/mol. The topological polar surface area (TPSA) is 91.4 Å². The van der Waals surface area contributed by atoms with Crippen LogP contribution in [-0.2, 0) is 0 Å². The van der Waals surface area contributed by atoms with Crippen LogP contribution in [0.5, 0.6) is 0 Å². The van der Waals surface area contributed by atoms with E-state index in [2.05, 4.69) is 52.3 Å². The fraction of sp³-hybridized carbons (Fsp3) is 0.455. The van der Waals surface area contributed by atoms with Gasteiger partial charge in [0.15, 0.2) is 5.50 Å². The van der Waals surface area contributed by atoms with Gasteiger partial charge in [0.1, 0.15) is 16.1 Å². The lowest BCUT2D eigenvalue weighted by Gasteiger charge is -2.33. The van der Waals surface area contributed by atoms with Crippen LogP contribution in [-0.4, -0.2) is 65.8 Å². The van der Waals surface area contributed by atoms with Gasteiger partial charge in [0.2, 0.25) is 0 Å². The number of aromatic nitrogens is 1. The molecule has 2 atom stereocenters. The molecule has 7 nitrogen and oxygen atoms in total. The Morgan fingerprint density at radius 1 is 1.35 bits per heavy atom. The smallest absolute Gasteiger partial charge is 0.167 e. The molecule has 1 aromatic rings. The van der Waals surface area contributed by atoms with Crippen molar-refractivity contribution in [3.05, 3.63) is 35.3 Å². The van der Waals surface area contributed by atoms with E-state index in [1.807, 2.05) is 18.2 Å². The summed E-state index contributed by atoms with van der Waals surface area (Å²) in [5.41, 5.74) is 1.30. The van der Waals surface area contributed by atoms with Gasteiger partial charge in [-0.25, -0.2) is 4.98 Å². The Kier molecular flexibility index (Phi) is 8.58. The first-order valence-electron chi connectivity index (χ1n) is 10.4. The van der Waals surface area contributed by atoms with E-state index >= 15 is 0 Å². The average Bonchev–Trinajstić information content (AvgIpc) is 3.20. The van der Waals surface area contributed by atoms with Crippen LogP contribution in [0.1, 0.15) is 20.3 Å². The number of rotatable bonds is 8. The summed E-state index contributed by atoms with van der Waals surface area (Å²) in [7, 11) is 2.14. The Morgan fingerprint density at radius 2 is 2.13 bits per heavy atom. The molecule has 0 spiro atoms. The molecule has 0 bridgehead atoms. The van der Waals surface area contributed by atoms with Gasteiger partial charge in [-0.1, -0.05) is 36.5 Å². The number of nitrogens with zero attached hydrogens (tertiary/aromatic N) is 5. The molecule has 2 aliphatic heterocycles. The van der Waals surface area contributed by atoms with Crippen molar-refractivity contribution in [2.75, 3.05) is 43.4 Å². The zero-order chi connectivity index (χ0) is 22.2. The molecule has 0 aliphatic carbocycles. The van der Waals surface area contributed by atoms with Gasteiger partial charge < -0.3 is 20.5 Å². The minimum Gasteiger partial charge on any atom is -0.355 e. The first kappa shape index (κ1) is 23.4. The van der Waals surface area contributed by atoms with E-state index in [1.54, 1.807) is 24.9 Å². The normalized spacial score (nSPS) is 22.1. The number of nitriles is 1. The maximum atomic E-state index is 9.13. The van der Waals surface area contributed by atoms with E-state index in [-0.39, 0.29) is 10.7 Å². The number of likely N-dealkylation sites (N-methyl/N-ethyl adjacent to an activating group) is 1. The van der Waals surface area contributed by atoms with E-state index in [0.717, 1.165) is 54.0 Å². The van der Waals surface area contributed by atoms with Crippen molar-refractivity contribution in [2.24, 2.45) is 4.99 Å². The summed E-state index contributed by atoms with van der Waals surface area (Å²) >= 11 is 3.10. The number of anilines is 2. The molecule has 1 aromatic heterocycles. The van der Waals surface area contributed by atoms with E-state index in [9.17, 15) is 0 Å². The van der Waals surface area contributed by atoms with Gasteiger partial charge in [0.05, 0.1) is 6.07 Å². The van der Waals surface area contributed by atoms with Crippen molar-refractivity contribution in [1.29, 1.82) is 10.7 Å². The van der Waals surface area contributed by atoms with Gasteiger partial charge in [-0.2, -0.15) is 5.26 Å². The van der Waals surface area contributed by atoms with Crippen molar-refractivity contribution < 1.29 is 0 Å². The molecule has 0 radical (unpaired) electrons. The molecule has 31 heavy (non-hydrogen) atoms. The van der Waals surface area contributed by atoms with Gasteiger partial charge in [0.25, 0.3) is 0 Å². The van der Waals surface area contributed by atoms with Crippen molar-refractivity contribution in [3.8, 4) is 6.07 Å². The molecule has 2 aliphatic rings. The van der Waals surface area contributed by atoms with Gasteiger partial charge in [-0.15, -0.1) is 0 Å². The summed E-state index contributed by atoms with van der Waals surface area (Å²) in [6.45, 7) is 7.78. The highest BCUT2D eigenvalue weighted by molar-refractivity contribution is 8.03. The van der Waals surface area contributed by atoms with Crippen LogP contribution in [0.25, 0.3) is 0 Å². The molecule has 1 saturated heterocycles. The number of hydrogen-bond acceptors (Lipinski definition) is 9. The van der Waals surface area contributed by atoms with E-state index in [0.29, 0.717) is 5.71 Å². The quantitative estimate of drug-likeness (QED) is 0.344. The second-order valence-electron chi connectivity index (χ2n) is 7.46. The molecule has 2 N–H and O–H groups in total. The summed E-state index contributed by atoms with van der Waals surface area (Å²) in [6, 6.07) is 6.35. The number of allylic oxidation sites excluding steroid dienone is 3. The van der Waals surface area contributed by atoms with Crippen LogP contribution >= 0.6 is 23.5 Å². The highest BCUT2D eigenvalue weighted by Crippen LogP contribution is 2.33. The minimum atomic E-state index is -0.209. The maximum Gasteiger partial charge on any atom is 0.167 e. The first-order chi connectivity index (χ1) is 15.0. The SMILES string of the molecule is CCC=C(/C=C\C(C)=N)Sc1cc(NC2N=CC(C#N)S2)cc(N2CCN(C)CC2)n1. The zero-order valence-electron chi connectivity index (χ0n) is 18.2. The molecular weight excluding hydrogens is 426 g/mol. The fourth-order valence-corrected chi connectivity index (χ4v) is 4.92. The standard InChI is InChI=1S/C22H29N7S2/c1-4-5-18(7-6-16(2)24)30-21-13-17(26-22-25-15-19(14-23)31-22)12-20(27-21)29-10-8-28(3)9-11-29/h5-7,12-13,15,19,22,24H,4,8-11H2,1-3H3,(H,26,27)/b7-6-,18-5?,24-16?. The second-order valence-corrected chi connectivity index (χ2v) is 9.78. The monoisotopic (exact) mass is 455 g/mol. The molecule has 2 unspecified atom stereocenters. The number of pyridine rings is 1. The number of piperazine rings is 1. The highest BCUT2D eigenvalue weighted by atomic mass is 32.2. The van der Waals surface area contributed by atoms with Gasteiger partial charge in [-0.05, 0) is 38.6 Å². The Labute approximate surface area is 193 Å². The van der Waals surface area contributed by atoms with Crippen LogP contribution in [0.15, 0.2) is 45.3 Å². The second kappa shape index (κ2) is 11.4. The van der Waals surface area contributed by atoms with E-state index in [1.165, 1.54) is 11.8 Å². The minimum absolute atomic E-state index is 0.170. The Hall–Kier alpha value is -2.28. The zero-order valence-corrected chi connectivity index (χ0v) is 19.8. The van der Waals surface area contributed by atoms with Gasteiger partial charge in [0, 0.05) is 54.8 Å². The van der Waals surface area contributed by atoms with Crippen LogP contribution < -0.4 is 10.2 Å². The lowest BCUT2D eigenvalue weighted by atomic mass is 10.3. The molecule has 0 saturated carbocycles. The van der Waals surface area contributed by atoms with Crippen molar-refractivity contribution in [3.63, 3.8) is 0 Å². The molecule has 3 heterocycles. The third-order valence-corrected chi connectivity index (χ3v) is 6.77. The Bertz CT molecular complexity index is 911. The molecule has 9 heteroatoms. The summed E-state index contributed by atoms with van der Waals surface area (Å²) in [5.74, 6) is 0.951. The van der Waals surface area contributed by atoms with Gasteiger partial charge in [-0.3, -0.25) is 4.99 Å². The number of hydrogen-bond donors (Lipinski definition) is 2. The predicted octanol–water partition coefficient (Wildman–Crippen LogP) is 4.22. The third kappa shape index (κ3) is 7.13. The molecule has 3 rings (SSSR count). The van der Waals surface area contributed by atoms with E-state index < -0.39 is 0 Å². The average molecular weight is 456 g/mol. The van der Waals surface area contributed by atoms with Crippen molar-refractivity contribution in [1.82, 2.24) is 9.88 Å². The van der Waals surface area contributed by atoms with Gasteiger partial charge >= 0.3 is 0 Å². The molecule has 164 valence electrons. The lowest BCUT2D eigenvalue weighted by molar-refractivity contribution is 0.312. The fourth-order valence-electron chi connectivity index (χ4n) is 3.14. The maximum absolute atomic E-state index is 9.13. The largest absolute Gasteiger partial charge is 0.355 e. The first-order valence-corrected chi connectivity index (χ1v) is 12.1. The van der Waals surface area contributed by atoms with Crippen molar-refractivity contribution >= 4 is 47.0 Å². The Morgan fingerprint density at radius 3 is 2.77 bits per heavy atom. The summed E-state index contributed by atoms with van der Waals surface area (Å²) in [4.78, 5) is 15.1. The highest BCUT2D eigenvalue weighted by Gasteiger charge is 2.22. The Balaban J connectivity index is 1.85. The van der Waals surface area contributed by atoms with Crippen LogP contribution in [0.3, 0.4) is 0 Å². The molecule has 0 amide bonds. The molecule has 0 aromatic carbocycles. The van der Waals surface area contributed by atoms with Crippen LogP contribution in [0, 0.1) is 16.7 Å². The van der Waals surface area contributed by atoms with Crippen molar-refractivity contribution in [2.45, 2.75) is 36.0 Å². The third-order valence-electron chi connectivity index (χ3n) is 4.79. The summed E-state index contributed by atoms with van der Waals surface area (Å²) in [5, 5.41) is 20.9.